The van der Waals surface area contributed by atoms with Crippen LogP contribution < -0.4 is 9.62 Å². The highest BCUT2D eigenvalue weighted by molar-refractivity contribution is 7.92. The maximum Gasteiger partial charge on any atom is 0.251 e. The summed E-state index contributed by atoms with van der Waals surface area (Å²) in [6.07, 6.45) is 5.89. The van der Waals surface area contributed by atoms with Crippen LogP contribution in [0.2, 0.25) is 0 Å². The van der Waals surface area contributed by atoms with E-state index in [2.05, 4.69) is 23.5 Å². The summed E-state index contributed by atoms with van der Waals surface area (Å²) in [6.45, 7) is 3.79. The molecule has 3 rings (SSSR count). The van der Waals surface area contributed by atoms with Gasteiger partial charge in [0.2, 0.25) is 10.0 Å². The Morgan fingerprint density at radius 1 is 1.07 bits per heavy atom. The average molecular weight is 401 g/mol. The van der Waals surface area contributed by atoms with E-state index in [0.717, 1.165) is 30.2 Å². The van der Waals surface area contributed by atoms with Crippen molar-refractivity contribution in [3.63, 3.8) is 0 Å². The number of nitrogens with zero attached hydrogens (tertiary/aromatic N) is 1. The summed E-state index contributed by atoms with van der Waals surface area (Å²) in [4.78, 5) is 12.7. The lowest BCUT2D eigenvalue weighted by atomic mass is 9.89. The summed E-state index contributed by atoms with van der Waals surface area (Å²) in [7, 11) is -1.83. The summed E-state index contributed by atoms with van der Waals surface area (Å²) in [5.74, 6) is -0.165. The van der Waals surface area contributed by atoms with Crippen LogP contribution in [0.15, 0.2) is 36.4 Å². The van der Waals surface area contributed by atoms with Gasteiger partial charge >= 0.3 is 0 Å². The van der Waals surface area contributed by atoms with Gasteiger partial charge in [-0.2, -0.15) is 0 Å². The standard InChI is InChI=1S/C22H28N2O3S/c1-15-13-20(11-12-21(15)24(3)28(4,26)27)22(25)23-16(2)18-10-9-17-7-5-6-8-19(17)14-18/h9-14,16H,5-8H2,1-4H3,(H,23,25). The van der Waals surface area contributed by atoms with Crippen LogP contribution in [-0.4, -0.2) is 27.6 Å². The van der Waals surface area contributed by atoms with E-state index >= 15 is 0 Å². The number of anilines is 1. The Morgan fingerprint density at radius 3 is 2.39 bits per heavy atom. The number of benzene rings is 2. The molecule has 0 spiro atoms. The van der Waals surface area contributed by atoms with Gasteiger partial charge in [-0.1, -0.05) is 18.2 Å². The molecule has 1 atom stereocenters. The van der Waals surface area contributed by atoms with Crippen molar-refractivity contribution in [2.24, 2.45) is 0 Å². The zero-order valence-electron chi connectivity index (χ0n) is 17.0. The largest absolute Gasteiger partial charge is 0.346 e. The lowest BCUT2D eigenvalue weighted by Gasteiger charge is -2.21. The van der Waals surface area contributed by atoms with Crippen LogP contribution in [0.5, 0.6) is 0 Å². The number of sulfonamides is 1. The Bertz CT molecular complexity index is 999. The van der Waals surface area contributed by atoms with Gasteiger partial charge in [-0.15, -0.1) is 0 Å². The molecule has 1 aliphatic carbocycles. The van der Waals surface area contributed by atoms with E-state index in [-0.39, 0.29) is 11.9 Å². The van der Waals surface area contributed by atoms with Crippen molar-refractivity contribution in [1.82, 2.24) is 5.32 Å². The third-order valence-electron chi connectivity index (χ3n) is 5.52. The fourth-order valence-corrected chi connectivity index (χ4v) is 4.28. The van der Waals surface area contributed by atoms with Gasteiger partial charge in [-0.25, -0.2) is 8.42 Å². The zero-order valence-corrected chi connectivity index (χ0v) is 17.8. The summed E-state index contributed by atoms with van der Waals surface area (Å²) in [6, 6.07) is 11.5. The molecular formula is C22H28N2O3S. The van der Waals surface area contributed by atoms with Crippen molar-refractivity contribution in [3.05, 3.63) is 64.2 Å². The molecule has 0 fully saturated rings. The van der Waals surface area contributed by atoms with Gasteiger partial charge in [-0.05, 0) is 80.0 Å². The van der Waals surface area contributed by atoms with E-state index < -0.39 is 10.0 Å². The predicted molar refractivity (Wildman–Crippen MR) is 113 cm³/mol. The number of carbonyl (C=O) groups excluding carboxylic acids is 1. The van der Waals surface area contributed by atoms with Crippen molar-refractivity contribution < 1.29 is 13.2 Å². The van der Waals surface area contributed by atoms with E-state index in [1.165, 1.54) is 35.3 Å². The Labute approximate surface area is 167 Å². The van der Waals surface area contributed by atoms with Crippen molar-refractivity contribution in [3.8, 4) is 0 Å². The smallest absolute Gasteiger partial charge is 0.251 e. The maximum atomic E-state index is 12.7. The fourth-order valence-electron chi connectivity index (χ4n) is 3.71. The summed E-state index contributed by atoms with van der Waals surface area (Å²) < 4.78 is 24.7. The first-order valence-electron chi connectivity index (χ1n) is 9.64. The Kier molecular flexibility index (Phi) is 5.79. The van der Waals surface area contributed by atoms with Gasteiger partial charge < -0.3 is 5.32 Å². The van der Waals surface area contributed by atoms with Crippen LogP contribution >= 0.6 is 0 Å². The predicted octanol–water partition coefficient (Wildman–Crippen LogP) is 3.76. The minimum absolute atomic E-state index is 0.0987. The van der Waals surface area contributed by atoms with E-state index in [4.69, 9.17) is 0 Å². The molecule has 1 N–H and O–H groups in total. The first-order chi connectivity index (χ1) is 13.2. The van der Waals surface area contributed by atoms with Gasteiger partial charge in [-0.3, -0.25) is 9.10 Å². The van der Waals surface area contributed by atoms with Crippen LogP contribution in [0.25, 0.3) is 0 Å². The van der Waals surface area contributed by atoms with Gasteiger partial charge in [0.15, 0.2) is 0 Å². The summed E-state index contributed by atoms with van der Waals surface area (Å²) in [5, 5.41) is 3.05. The number of amides is 1. The Morgan fingerprint density at radius 2 is 1.75 bits per heavy atom. The third kappa shape index (κ3) is 4.38. The molecule has 0 heterocycles. The second kappa shape index (κ2) is 7.95. The minimum atomic E-state index is -3.34. The van der Waals surface area contributed by atoms with E-state index in [0.29, 0.717) is 11.3 Å². The van der Waals surface area contributed by atoms with Crippen molar-refractivity contribution in [2.75, 3.05) is 17.6 Å². The van der Waals surface area contributed by atoms with Crippen LogP contribution in [0, 0.1) is 6.92 Å². The molecule has 0 aliphatic heterocycles. The number of aryl methyl sites for hydroxylation is 3. The number of rotatable bonds is 5. The van der Waals surface area contributed by atoms with Crippen LogP contribution in [0.4, 0.5) is 5.69 Å². The van der Waals surface area contributed by atoms with Crippen LogP contribution in [0.1, 0.15) is 58.4 Å². The molecule has 2 aromatic carbocycles. The van der Waals surface area contributed by atoms with Gasteiger partial charge in [0.1, 0.15) is 0 Å². The van der Waals surface area contributed by atoms with Crippen LogP contribution in [-0.2, 0) is 22.9 Å². The number of carbonyl (C=O) groups is 1. The lowest BCUT2D eigenvalue weighted by molar-refractivity contribution is 0.0940. The SMILES string of the molecule is Cc1cc(C(=O)NC(C)c2ccc3c(c2)CCCC3)ccc1N(C)S(C)(=O)=O. The molecule has 1 unspecified atom stereocenters. The highest BCUT2D eigenvalue weighted by atomic mass is 32.2. The van der Waals surface area contributed by atoms with Crippen molar-refractivity contribution in [2.45, 2.75) is 45.6 Å². The van der Waals surface area contributed by atoms with Gasteiger partial charge in [0, 0.05) is 12.6 Å². The van der Waals surface area contributed by atoms with Crippen molar-refractivity contribution >= 4 is 21.6 Å². The molecule has 2 aromatic rings. The zero-order chi connectivity index (χ0) is 20.5. The highest BCUT2D eigenvalue weighted by Crippen LogP contribution is 2.26. The first kappa shape index (κ1) is 20.4. The molecule has 28 heavy (non-hydrogen) atoms. The van der Waals surface area contributed by atoms with E-state index in [9.17, 15) is 13.2 Å². The third-order valence-corrected chi connectivity index (χ3v) is 6.71. The minimum Gasteiger partial charge on any atom is -0.346 e. The molecule has 1 aliphatic rings. The normalized spacial score (nSPS) is 14.9. The molecule has 5 nitrogen and oxygen atoms in total. The molecule has 0 saturated carbocycles. The van der Waals surface area contributed by atoms with Gasteiger partial charge in [0.25, 0.3) is 5.91 Å². The molecule has 0 radical (unpaired) electrons. The Hall–Kier alpha value is -2.34. The molecule has 1 amide bonds. The maximum absolute atomic E-state index is 12.7. The molecular weight excluding hydrogens is 372 g/mol. The van der Waals surface area contributed by atoms with Crippen LogP contribution in [0.3, 0.4) is 0 Å². The van der Waals surface area contributed by atoms with E-state index in [1.54, 1.807) is 25.1 Å². The molecule has 0 bridgehead atoms. The molecule has 6 heteroatoms. The topological polar surface area (TPSA) is 66.5 Å². The summed E-state index contributed by atoms with van der Waals surface area (Å²) in [5.41, 5.74) is 5.76. The summed E-state index contributed by atoms with van der Waals surface area (Å²) >= 11 is 0. The number of fused-ring (bicyclic) bond motifs is 1. The second-order valence-electron chi connectivity index (χ2n) is 7.66. The van der Waals surface area contributed by atoms with E-state index in [1.807, 2.05) is 6.92 Å². The Balaban J connectivity index is 1.75. The van der Waals surface area contributed by atoms with Gasteiger partial charge in [0.05, 0.1) is 18.0 Å². The average Bonchev–Trinajstić information content (AvgIpc) is 2.66. The molecule has 0 saturated heterocycles. The number of nitrogens with one attached hydrogen (secondary N) is 1. The quantitative estimate of drug-likeness (QED) is 0.831. The monoisotopic (exact) mass is 400 g/mol. The van der Waals surface area contributed by atoms with Crippen molar-refractivity contribution in [1.29, 1.82) is 0 Å². The second-order valence-corrected chi connectivity index (χ2v) is 9.68. The molecule has 150 valence electrons. The fraction of sp³-hybridized carbons (Fsp3) is 0.409. The first-order valence-corrected chi connectivity index (χ1v) is 11.5. The number of hydrogen-bond donors (Lipinski definition) is 1. The lowest BCUT2D eigenvalue weighted by Crippen LogP contribution is -2.28. The highest BCUT2D eigenvalue weighted by Gasteiger charge is 2.18. The number of hydrogen-bond acceptors (Lipinski definition) is 3. The molecule has 0 aromatic heterocycles.